The topological polar surface area (TPSA) is 65.5 Å². The molecule has 1 aromatic rings. The van der Waals surface area contributed by atoms with Gasteiger partial charge in [0, 0.05) is 11.4 Å². The number of fused-ring (bicyclic) bond motifs is 1. The summed E-state index contributed by atoms with van der Waals surface area (Å²) in [5, 5.41) is 0. The van der Waals surface area contributed by atoms with Crippen LogP contribution in [0.25, 0.3) is 0 Å². The number of carbonyl (C=O) groups is 2. The Hall–Kier alpha value is -1.91. The number of aryl methyl sites for hydroxylation is 2. The molecule has 0 saturated heterocycles. The minimum atomic E-state index is -0.497. The number of carbonyl (C=O) groups excluding carboxylic acids is 2. The predicted molar refractivity (Wildman–Crippen MR) is 72.1 cm³/mol. The van der Waals surface area contributed by atoms with Crippen LogP contribution in [0.15, 0.2) is 6.07 Å². The molecule has 0 radical (unpaired) electrons. The molecule has 0 aromatic carbocycles. The number of hydrogen-bond acceptors (Lipinski definition) is 5. The van der Waals surface area contributed by atoms with E-state index in [1.165, 1.54) is 14.2 Å². The Bertz CT molecular complexity index is 553. The third-order valence-electron chi connectivity index (χ3n) is 3.91. The van der Waals surface area contributed by atoms with E-state index >= 15 is 0 Å². The fraction of sp³-hybridized carbons (Fsp3) is 0.533. The molecule has 2 rings (SSSR count). The molecule has 0 saturated carbocycles. The zero-order chi connectivity index (χ0) is 14.9. The van der Waals surface area contributed by atoms with Crippen LogP contribution in [0.3, 0.4) is 0 Å². The Labute approximate surface area is 118 Å². The monoisotopic (exact) mass is 277 g/mol. The molecule has 108 valence electrons. The van der Waals surface area contributed by atoms with Crippen molar-refractivity contribution >= 4 is 11.9 Å². The van der Waals surface area contributed by atoms with Crippen LogP contribution in [0.4, 0.5) is 0 Å². The highest BCUT2D eigenvalue weighted by atomic mass is 16.5. The SMILES string of the molecule is COC(=O)C1Cc2cc(C)nc(C)c2CC1C(=O)OC. The highest BCUT2D eigenvalue weighted by Crippen LogP contribution is 2.33. The molecule has 5 nitrogen and oxygen atoms in total. The second kappa shape index (κ2) is 5.61. The van der Waals surface area contributed by atoms with E-state index in [2.05, 4.69) is 4.98 Å². The van der Waals surface area contributed by atoms with E-state index in [9.17, 15) is 9.59 Å². The van der Waals surface area contributed by atoms with E-state index in [-0.39, 0.29) is 11.9 Å². The molecular weight excluding hydrogens is 258 g/mol. The first-order valence-electron chi connectivity index (χ1n) is 6.59. The summed E-state index contributed by atoms with van der Waals surface area (Å²) in [6, 6.07) is 1.98. The maximum atomic E-state index is 11.9. The molecule has 0 fully saturated rings. The molecule has 0 spiro atoms. The first-order valence-corrected chi connectivity index (χ1v) is 6.59. The summed E-state index contributed by atoms with van der Waals surface area (Å²) in [6.45, 7) is 3.85. The molecule has 0 bridgehead atoms. The lowest BCUT2D eigenvalue weighted by Crippen LogP contribution is -2.38. The molecule has 0 aliphatic heterocycles. The molecular formula is C15H19NO4. The highest BCUT2D eigenvalue weighted by molar-refractivity contribution is 5.83. The van der Waals surface area contributed by atoms with Crippen molar-refractivity contribution in [1.82, 2.24) is 4.98 Å². The normalized spacial score (nSPS) is 21.0. The van der Waals surface area contributed by atoms with Gasteiger partial charge in [0.05, 0.1) is 26.1 Å². The third kappa shape index (κ3) is 2.53. The van der Waals surface area contributed by atoms with E-state index in [0.717, 1.165) is 22.5 Å². The van der Waals surface area contributed by atoms with Crippen LogP contribution < -0.4 is 0 Å². The van der Waals surface area contributed by atoms with Crippen LogP contribution in [0.2, 0.25) is 0 Å². The van der Waals surface area contributed by atoms with Gasteiger partial charge in [-0.25, -0.2) is 0 Å². The van der Waals surface area contributed by atoms with Gasteiger partial charge in [0.1, 0.15) is 0 Å². The van der Waals surface area contributed by atoms with Crippen LogP contribution in [0.5, 0.6) is 0 Å². The molecule has 1 aliphatic rings. The maximum Gasteiger partial charge on any atom is 0.309 e. The van der Waals surface area contributed by atoms with Gasteiger partial charge in [-0.3, -0.25) is 14.6 Å². The van der Waals surface area contributed by atoms with Crippen molar-refractivity contribution in [2.24, 2.45) is 11.8 Å². The van der Waals surface area contributed by atoms with E-state index in [1.54, 1.807) is 0 Å². The number of esters is 2. The average molecular weight is 277 g/mol. The average Bonchev–Trinajstić information content (AvgIpc) is 2.44. The lowest BCUT2D eigenvalue weighted by atomic mass is 9.75. The molecule has 5 heteroatoms. The van der Waals surface area contributed by atoms with E-state index in [1.807, 2.05) is 19.9 Å². The Balaban J connectivity index is 2.44. The summed E-state index contributed by atoms with van der Waals surface area (Å²) in [6.07, 6.45) is 0.965. The van der Waals surface area contributed by atoms with Gasteiger partial charge in [-0.2, -0.15) is 0 Å². The quantitative estimate of drug-likeness (QED) is 0.764. The summed E-state index contributed by atoms with van der Waals surface area (Å²) < 4.78 is 9.65. The van der Waals surface area contributed by atoms with Gasteiger partial charge in [-0.1, -0.05) is 0 Å². The van der Waals surface area contributed by atoms with Gasteiger partial charge in [0.15, 0.2) is 0 Å². The van der Waals surface area contributed by atoms with Gasteiger partial charge < -0.3 is 9.47 Å². The Morgan fingerprint density at radius 1 is 1.10 bits per heavy atom. The van der Waals surface area contributed by atoms with Gasteiger partial charge in [0.2, 0.25) is 0 Å². The number of nitrogens with zero attached hydrogens (tertiary/aromatic N) is 1. The summed E-state index contributed by atoms with van der Waals surface area (Å²) >= 11 is 0. The minimum Gasteiger partial charge on any atom is -0.469 e. The van der Waals surface area contributed by atoms with Crippen LogP contribution in [0, 0.1) is 25.7 Å². The Morgan fingerprint density at radius 2 is 1.65 bits per heavy atom. The van der Waals surface area contributed by atoms with Crippen LogP contribution >= 0.6 is 0 Å². The van der Waals surface area contributed by atoms with Crippen molar-refractivity contribution in [2.75, 3.05) is 14.2 Å². The molecule has 0 N–H and O–H groups in total. The van der Waals surface area contributed by atoms with Gasteiger partial charge in [-0.15, -0.1) is 0 Å². The second-order valence-corrected chi connectivity index (χ2v) is 5.15. The van der Waals surface area contributed by atoms with Gasteiger partial charge >= 0.3 is 11.9 Å². The Morgan fingerprint density at radius 3 is 2.20 bits per heavy atom. The molecule has 2 unspecified atom stereocenters. The van der Waals surface area contributed by atoms with Crippen LogP contribution in [0.1, 0.15) is 22.5 Å². The number of aromatic nitrogens is 1. The predicted octanol–water partition coefficient (Wildman–Crippen LogP) is 1.38. The maximum absolute atomic E-state index is 11.9. The zero-order valence-corrected chi connectivity index (χ0v) is 12.2. The van der Waals surface area contributed by atoms with Gasteiger partial charge in [0.25, 0.3) is 0 Å². The van der Waals surface area contributed by atoms with Crippen molar-refractivity contribution in [3.8, 4) is 0 Å². The van der Waals surface area contributed by atoms with Gasteiger partial charge in [-0.05, 0) is 43.9 Å². The zero-order valence-electron chi connectivity index (χ0n) is 12.2. The number of pyridine rings is 1. The smallest absolute Gasteiger partial charge is 0.309 e. The summed E-state index contributed by atoms with van der Waals surface area (Å²) in [5.41, 5.74) is 3.95. The third-order valence-corrected chi connectivity index (χ3v) is 3.91. The summed E-state index contributed by atoms with van der Waals surface area (Å²) in [7, 11) is 2.68. The summed E-state index contributed by atoms with van der Waals surface area (Å²) in [5.74, 6) is -1.71. The van der Waals surface area contributed by atoms with Crippen molar-refractivity contribution in [1.29, 1.82) is 0 Å². The highest BCUT2D eigenvalue weighted by Gasteiger charge is 2.40. The van der Waals surface area contributed by atoms with Crippen molar-refractivity contribution in [3.05, 3.63) is 28.6 Å². The molecule has 1 heterocycles. The molecule has 0 amide bonds. The molecule has 1 aliphatic carbocycles. The van der Waals surface area contributed by atoms with Crippen molar-refractivity contribution in [3.63, 3.8) is 0 Å². The Kier molecular flexibility index (Phi) is 4.06. The van der Waals surface area contributed by atoms with Crippen LogP contribution in [-0.2, 0) is 31.9 Å². The minimum absolute atomic E-state index is 0.363. The van der Waals surface area contributed by atoms with Crippen molar-refractivity contribution in [2.45, 2.75) is 26.7 Å². The molecule has 1 aromatic heterocycles. The largest absolute Gasteiger partial charge is 0.469 e. The van der Waals surface area contributed by atoms with Crippen LogP contribution in [-0.4, -0.2) is 31.1 Å². The lowest BCUT2D eigenvalue weighted by molar-refractivity contribution is -0.158. The second-order valence-electron chi connectivity index (χ2n) is 5.15. The van der Waals surface area contributed by atoms with Crippen molar-refractivity contribution < 1.29 is 19.1 Å². The first-order chi connectivity index (χ1) is 9.47. The fourth-order valence-corrected chi connectivity index (χ4v) is 2.94. The summed E-state index contributed by atoms with van der Waals surface area (Å²) in [4.78, 5) is 28.3. The number of hydrogen-bond donors (Lipinski definition) is 0. The van der Waals surface area contributed by atoms with E-state index in [4.69, 9.17) is 9.47 Å². The standard InChI is InChI=1S/C15H19NO4/c1-8-5-10-6-12(14(17)19-3)13(15(18)20-4)7-11(10)9(2)16-8/h5,12-13H,6-7H2,1-4H3. The fourth-order valence-electron chi connectivity index (χ4n) is 2.94. The number of rotatable bonds is 2. The molecule has 20 heavy (non-hydrogen) atoms. The molecule has 2 atom stereocenters. The lowest BCUT2D eigenvalue weighted by Gasteiger charge is -2.30. The number of methoxy groups -OCH3 is 2. The van der Waals surface area contributed by atoms with E-state index in [0.29, 0.717) is 12.8 Å². The number of ether oxygens (including phenoxy) is 2. The first kappa shape index (κ1) is 14.5. The van der Waals surface area contributed by atoms with E-state index < -0.39 is 11.8 Å².